The fourth-order valence-corrected chi connectivity index (χ4v) is 3.60. The van der Waals surface area contributed by atoms with Crippen molar-refractivity contribution < 1.29 is 23.5 Å². The van der Waals surface area contributed by atoms with E-state index in [1.165, 1.54) is 0 Å². The first-order valence-corrected chi connectivity index (χ1v) is 10.2. The van der Waals surface area contributed by atoms with Gasteiger partial charge in [0.25, 0.3) is 0 Å². The molecule has 4 aromatic rings. The van der Waals surface area contributed by atoms with E-state index in [9.17, 15) is 4.57 Å². The van der Waals surface area contributed by atoms with Gasteiger partial charge in [0.15, 0.2) is 5.76 Å². The number of methoxy groups -OCH3 is 1. The van der Waals surface area contributed by atoms with Gasteiger partial charge in [-0.25, -0.2) is 9.97 Å². The van der Waals surface area contributed by atoms with Crippen molar-refractivity contribution in [2.45, 2.75) is 6.42 Å². The molecule has 27 heavy (non-hydrogen) atoms. The van der Waals surface area contributed by atoms with Gasteiger partial charge in [-0.3, -0.25) is 4.57 Å². The Labute approximate surface area is 158 Å². The van der Waals surface area contributed by atoms with Gasteiger partial charge in [0.05, 0.1) is 24.3 Å². The van der Waals surface area contributed by atoms with Gasteiger partial charge in [-0.05, 0) is 35.9 Å². The molecule has 0 bridgehead atoms. The molecular weight excluding hydrogens is 393 g/mol. The zero-order chi connectivity index (χ0) is 19.2. The predicted molar refractivity (Wildman–Crippen MR) is 101 cm³/mol. The van der Waals surface area contributed by atoms with Crippen LogP contribution in [0.4, 0.5) is 0 Å². The van der Waals surface area contributed by atoms with Crippen LogP contribution in [-0.2, 0) is 11.0 Å². The van der Waals surface area contributed by atoms with Crippen LogP contribution in [-0.4, -0.2) is 38.0 Å². The summed E-state index contributed by atoms with van der Waals surface area (Å²) in [5, 5.41) is 0.937. The van der Waals surface area contributed by atoms with Crippen molar-refractivity contribution in [1.29, 1.82) is 0 Å². The summed E-state index contributed by atoms with van der Waals surface area (Å²) >= 11 is 6.11. The van der Waals surface area contributed by atoms with Crippen LogP contribution in [0.2, 0.25) is 5.28 Å². The molecule has 0 aliphatic rings. The summed E-state index contributed by atoms with van der Waals surface area (Å²) in [7, 11) is -2.50. The Morgan fingerprint density at radius 2 is 2.07 bits per heavy atom. The zero-order valence-electron chi connectivity index (χ0n) is 14.1. The lowest BCUT2D eigenvalue weighted by atomic mass is 10.2. The van der Waals surface area contributed by atoms with Crippen molar-refractivity contribution in [3.8, 4) is 17.2 Å². The van der Waals surface area contributed by atoms with Gasteiger partial charge in [0.2, 0.25) is 5.28 Å². The van der Waals surface area contributed by atoms with E-state index < -0.39 is 7.60 Å². The smallest absolute Gasteiger partial charge is 0.326 e. The van der Waals surface area contributed by atoms with Crippen LogP contribution in [0.1, 0.15) is 5.76 Å². The first-order valence-electron chi connectivity index (χ1n) is 8.01. The van der Waals surface area contributed by atoms with E-state index in [1.54, 1.807) is 19.2 Å². The number of halogens is 1. The predicted octanol–water partition coefficient (Wildman–Crippen LogP) is 3.75. The Morgan fingerprint density at radius 3 is 2.81 bits per heavy atom. The molecule has 8 nitrogen and oxygen atoms in total. The summed E-state index contributed by atoms with van der Waals surface area (Å²) in [5.74, 6) is 1.59. The molecule has 1 aromatic carbocycles. The Bertz CT molecular complexity index is 1200. The van der Waals surface area contributed by atoms with E-state index in [0.717, 1.165) is 10.9 Å². The van der Waals surface area contributed by atoms with Gasteiger partial charge < -0.3 is 23.9 Å². The molecule has 10 heteroatoms. The van der Waals surface area contributed by atoms with Crippen LogP contribution in [0.15, 0.2) is 34.7 Å². The molecule has 0 saturated heterocycles. The first-order chi connectivity index (χ1) is 12.8. The zero-order valence-corrected chi connectivity index (χ0v) is 15.8. The maximum atomic E-state index is 11.1. The molecule has 3 N–H and O–H groups in total. The van der Waals surface area contributed by atoms with Crippen LogP contribution in [0.3, 0.4) is 0 Å². The largest absolute Gasteiger partial charge is 0.497 e. The molecule has 3 aromatic heterocycles. The fraction of sp³-hybridized carbons (Fsp3) is 0.176. The average Bonchev–Trinajstić information content (AvgIpc) is 3.22. The van der Waals surface area contributed by atoms with Crippen LogP contribution in [0.5, 0.6) is 5.75 Å². The molecule has 140 valence electrons. The molecule has 0 saturated carbocycles. The lowest BCUT2D eigenvalue weighted by Crippen LogP contribution is -1.92. The number of nitrogens with one attached hydrogen (secondary N) is 1. The number of fused-ring (bicyclic) bond motifs is 3. The summed E-state index contributed by atoms with van der Waals surface area (Å²) in [6, 6.07) is 8.92. The fourth-order valence-electron chi connectivity index (χ4n) is 2.92. The summed E-state index contributed by atoms with van der Waals surface area (Å²) < 4.78 is 22.0. The first kappa shape index (κ1) is 18.0. The minimum Gasteiger partial charge on any atom is -0.497 e. The number of aromatic nitrogens is 3. The molecule has 0 fully saturated rings. The second-order valence-corrected chi connectivity index (χ2v) is 8.12. The van der Waals surface area contributed by atoms with Gasteiger partial charge in [-0.2, -0.15) is 0 Å². The summed E-state index contributed by atoms with van der Waals surface area (Å²) in [6.45, 7) is 0. The Morgan fingerprint density at radius 1 is 1.26 bits per heavy atom. The van der Waals surface area contributed by atoms with E-state index in [0.29, 0.717) is 34.0 Å². The third-order valence-electron chi connectivity index (χ3n) is 4.17. The molecule has 3 heterocycles. The van der Waals surface area contributed by atoms with E-state index in [4.69, 9.17) is 30.5 Å². The highest BCUT2D eigenvalue weighted by Crippen LogP contribution is 2.37. The number of aromatic amines is 1. The number of nitrogens with zero attached hydrogens (tertiary/aromatic N) is 2. The number of hydrogen-bond donors (Lipinski definition) is 3. The third kappa shape index (κ3) is 3.57. The number of benzene rings is 1. The van der Waals surface area contributed by atoms with Crippen LogP contribution in [0.25, 0.3) is 33.4 Å². The summed E-state index contributed by atoms with van der Waals surface area (Å²) in [4.78, 5) is 29.9. The van der Waals surface area contributed by atoms with Gasteiger partial charge in [0, 0.05) is 17.9 Å². The second-order valence-electron chi connectivity index (χ2n) is 6.01. The normalized spacial score (nSPS) is 12.1. The van der Waals surface area contributed by atoms with Crippen molar-refractivity contribution >= 4 is 41.1 Å². The molecule has 0 aliphatic carbocycles. The molecule has 0 amide bonds. The molecule has 0 aliphatic heterocycles. The number of aryl methyl sites for hydroxylation is 1. The lowest BCUT2D eigenvalue weighted by Gasteiger charge is -2.02. The molecular formula is C17H15ClN3O5P. The van der Waals surface area contributed by atoms with Crippen LogP contribution in [0, 0.1) is 0 Å². The standard InChI is InChI=1S/C17H15ClN3O5P/c1-25-10-2-4-11-12(8-10)19-16-14(11)20-17(18)21-15(16)13-5-3-9(26-13)6-7-27(22,23)24/h2-5,8,19H,6-7H2,1H3,(H2,22,23,24). The summed E-state index contributed by atoms with van der Waals surface area (Å²) in [5.41, 5.74) is 2.59. The number of ether oxygens (including phenoxy) is 1. The SMILES string of the molecule is COc1ccc2c(c1)[nH]c1c(-c3ccc(CCP(=O)(O)O)o3)nc(Cl)nc12. The number of hydrogen-bond acceptors (Lipinski definition) is 5. The van der Waals surface area contributed by atoms with E-state index in [-0.39, 0.29) is 17.9 Å². The van der Waals surface area contributed by atoms with Crippen molar-refractivity contribution in [3.05, 3.63) is 41.4 Å². The maximum Gasteiger partial charge on any atom is 0.326 e. The van der Waals surface area contributed by atoms with E-state index >= 15 is 0 Å². The van der Waals surface area contributed by atoms with Gasteiger partial charge in [-0.15, -0.1) is 0 Å². The Kier molecular flexibility index (Phi) is 4.44. The molecule has 4 rings (SSSR count). The molecule has 0 atom stereocenters. The van der Waals surface area contributed by atoms with E-state index in [1.807, 2.05) is 18.2 Å². The van der Waals surface area contributed by atoms with Crippen molar-refractivity contribution in [1.82, 2.24) is 15.0 Å². The van der Waals surface area contributed by atoms with Gasteiger partial charge >= 0.3 is 7.60 Å². The monoisotopic (exact) mass is 407 g/mol. The van der Waals surface area contributed by atoms with Crippen LogP contribution >= 0.6 is 19.2 Å². The van der Waals surface area contributed by atoms with Crippen LogP contribution < -0.4 is 4.74 Å². The topological polar surface area (TPSA) is 121 Å². The van der Waals surface area contributed by atoms with Crippen molar-refractivity contribution in [2.75, 3.05) is 13.3 Å². The second kappa shape index (κ2) is 6.65. The Hall–Kier alpha value is -2.38. The van der Waals surface area contributed by atoms with E-state index in [2.05, 4.69) is 15.0 Å². The third-order valence-corrected chi connectivity index (χ3v) is 5.14. The quantitative estimate of drug-likeness (QED) is 0.340. The minimum atomic E-state index is -4.09. The highest BCUT2D eigenvalue weighted by atomic mass is 35.5. The minimum absolute atomic E-state index is 0.0717. The number of rotatable bonds is 5. The lowest BCUT2D eigenvalue weighted by molar-refractivity contribution is 0.371. The Balaban J connectivity index is 1.82. The summed E-state index contributed by atoms with van der Waals surface area (Å²) in [6.07, 6.45) is -0.164. The highest BCUT2D eigenvalue weighted by molar-refractivity contribution is 7.51. The highest BCUT2D eigenvalue weighted by Gasteiger charge is 2.19. The maximum absolute atomic E-state index is 11.1. The average molecular weight is 408 g/mol. The van der Waals surface area contributed by atoms with Crippen molar-refractivity contribution in [3.63, 3.8) is 0 Å². The van der Waals surface area contributed by atoms with Crippen molar-refractivity contribution in [2.24, 2.45) is 0 Å². The van der Waals surface area contributed by atoms with Gasteiger partial charge in [-0.1, -0.05) is 0 Å². The molecule has 0 unspecified atom stereocenters. The molecule has 0 radical (unpaired) electrons. The number of furan rings is 1. The van der Waals surface area contributed by atoms with Gasteiger partial charge in [0.1, 0.15) is 22.7 Å². The number of H-pyrrole nitrogens is 1. The molecule has 0 spiro atoms.